The molecule has 9 heteroatoms. The molecule has 3 rings (SSSR count). The zero-order chi connectivity index (χ0) is 20.9. The molecule has 0 fully saturated rings. The van der Waals surface area contributed by atoms with E-state index in [2.05, 4.69) is 5.32 Å². The van der Waals surface area contributed by atoms with E-state index in [1.807, 2.05) is 0 Å². The highest BCUT2D eigenvalue weighted by Crippen LogP contribution is 2.34. The fourth-order valence-corrected chi connectivity index (χ4v) is 2.54. The summed E-state index contributed by atoms with van der Waals surface area (Å²) < 4.78 is 54.3. The van der Waals surface area contributed by atoms with Crippen molar-refractivity contribution in [1.82, 2.24) is 0 Å². The number of alkyl halides is 3. The van der Waals surface area contributed by atoms with Gasteiger partial charge in [0.15, 0.2) is 18.1 Å². The Hall–Kier alpha value is -3.49. The minimum Gasteiger partial charge on any atom is -0.486 e. The predicted octanol–water partition coefficient (Wildman–Crippen LogP) is 3.67. The van der Waals surface area contributed by atoms with E-state index in [4.69, 9.17) is 14.2 Å². The van der Waals surface area contributed by atoms with E-state index < -0.39 is 35.9 Å². The zero-order valence-corrected chi connectivity index (χ0v) is 15.0. The second-order valence-corrected chi connectivity index (χ2v) is 5.94. The molecule has 152 valence electrons. The number of carbonyl (C=O) groups is 2. The Kier molecular flexibility index (Phi) is 6.06. The Balaban J connectivity index is 1.53. The molecule has 0 spiro atoms. The summed E-state index contributed by atoms with van der Waals surface area (Å²) in [6.45, 7) is 0.162. The van der Waals surface area contributed by atoms with Crippen molar-refractivity contribution in [2.75, 3.05) is 25.1 Å². The molecule has 0 saturated heterocycles. The maximum atomic E-state index is 12.9. The number of carbonyl (C=O) groups excluding carboxylic acids is 2. The van der Waals surface area contributed by atoms with Gasteiger partial charge in [-0.1, -0.05) is 18.2 Å². The zero-order valence-electron chi connectivity index (χ0n) is 15.0. The number of amides is 1. The summed E-state index contributed by atoms with van der Waals surface area (Å²) in [4.78, 5) is 23.6. The van der Waals surface area contributed by atoms with Crippen LogP contribution in [0, 0.1) is 0 Å². The number of anilines is 1. The maximum Gasteiger partial charge on any atom is 0.418 e. The Morgan fingerprint density at radius 1 is 1.07 bits per heavy atom. The van der Waals surface area contributed by atoms with Gasteiger partial charge in [0.1, 0.15) is 13.2 Å². The summed E-state index contributed by atoms with van der Waals surface area (Å²) in [5.74, 6) is -0.553. The molecule has 1 aliphatic rings. The third kappa shape index (κ3) is 5.50. The highest BCUT2D eigenvalue weighted by Gasteiger charge is 2.33. The first-order chi connectivity index (χ1) is 13.8. The highest BCUT2D eigenvalue weighted by atomic mass is 19.4. The standard InChI is InChI=1S/C20H16F3NO5/c21-20(22,23)14-3-1-2-4-15(14)24-18(25)12-29-19(26)8-6-13-5-7-16-17(11-13)28-10-9-27-16/h1-8,11H,9-10,12H2,(H,24,25). The average Bonchev–Trinajstić information content (AvgIpc) is 2.70. The van der Waals surface area contributed by atoms with Gasteiger partial charge in [0, 0.05) is 6.08 Å². The molecule has 0 aliphatic carbocycles. The number of hydrogen-bond acceptors (Lipinski definition) is 5. The van der Waals surface area contributed by atoms with Crippen molar-refractivity contribution in [3.63, 3.8) is 0 Å². The van der Waals surface area contributed by atoms with E-state index in [9.17, 15) is 22.8 Å². The summed E-state index contributed by atoms with van der Waals surface area (Å²) in [5, 5.41) is 2.09. The van der Waals surface area contributed by atoms with Gasteiger partial charge in [-0.3, -0.25) is 4.79 Å². The molecule has 0 bridgehead atoms. The molecule has 29 heavy (non-hydrogen) atoms. The van der Waals surface area contributed by atoms with E-state index in [0.29, 0.717) is 30.3 Å². The highest BCUT2D eigenvalue weighted by molar-refractivity contribution is 5.95. The van der Waals surface area contributed by atoms with Gasteiger partial charge in [-0.05, 0) is 35.9 Å². The van der Waals surface area contributed by atoms with Gasteiger partial charge in [0.2, 0.25) is 0 Å². The maximum absolute atomic E-state index is 12.9. The normalized spacial score (nSPS) is 13.2. The van der Waals surface area contributed by atoms with Crippen molar-refractivity contribution >= 4 is 23.6 Å². The van der Waals surface area contributed by atoms with Crippen LogP contribution in [-0.4, -0.2) is 31.7 Å². The number of halogens is 3. The fourth-order valence-electron chi connectivity index (χ4n) is 2.54. The van der Waals surface area contributed by atoms with Gasteiger partial charge in [0.25, 0.3) is 5.91 Å². The van der Waals surface area contributed by atoms with Crippen molar-refractivity contribution in [1.29, 1.82) is 0 Å². The largest absolute Gasteiger partial charge is 0.486 e. The predicted molar refractivity (Wildman–Crippen MR) is 97.5 cm³/mol. The van der Waals surface area contributed by atoms with Crippen LogP contribution in [0.15, 0.2) is 48.5 Å². The Bertz CT molecular complexity index is 940. The second-order valence-electron chi connectivity index (χ2n) is 5.94. The first-order valence-corrected chi connectivity index (χ1v) is 8.53. The molecule has 2 aromatic rings. The molecular formula is C20H16F3NO5. The minimum atomic E-state index is -4.62. The quantitative estimate of drug-likeness (QED) is 0.605. The van der Waals surface area contributed by atoms with Gasteiger partial charge < -0.3 is 19.5 Å². The number of rotatable bonds is 5. The van der Waals surface area contributed by atoms with Crippen LogP contribution in [0.4, 0.5) is 18.9 Å². The number of nitrogens with one attached hydrogen (secondary N) is 1. The third-order valence-electron chi connectivity index (χ3n) is 3.83. The van der Waals surface area contributed by atoms with E-state index in [-0.39, 0.29) is 0 Å². The molecule has 0 atom stereocenters. The Morgan fingerprint density at radius 3 is 2.55 bits per heavy atom. The molecule has 0 saturated carbocycles. The number of benzene rings is 2. The van der Waals surface area contributed by atoms with Crippen LogP contribution in [0.25, 0.3) is 6.08 Å². The molecule has 2 aromatic carbocycles. The lowest BCUT2D eigenvalue weighted by atomic mass is 10.1. The first kappa shape index (κ1) is 20.2. The van der Waals surface area contributed by atoms with Crippen LogP contribution in [0.2, 0.25) is 0 Å². The van der Waals surface area contributed by atoms with E-state index in [0.717, 1.165) is 18.2 Å². The van der Waals surface area contributed by atoms with Crippen molar-refractivity contribution in [3.05, 3.63) is 59.7 Å². The van der Waals surface area contributed by atoms with Gasteiger partial charge in [-0.2, -0.15) is 13.2 Å². The summed E-state index contributed by atoms with van der Waals surface area (Å²) >= 11 is 0. The van der Waals surface area contributed by atoms with Crippen LogP contribution < -0.4 is 14.8 Å². The molecule has 0 unspecified atom stereocenters. The molecule has 1 aliphatic heterocycles. The van der Waals surface area contributed by atoms with Crippen LogP contribution in [-0.2, 0) is 20.5 Å². The number of fused-ring (bicyclic) bond motifs is 1. The summed E-state index contributed by atoms with van der Waals surface area (Å²) in [6.07, 6.45) is -2.06. The number of ether oxygens (including phenoxy) is 3. The topological polar surface area (TPSA) is 73.9 Å². The van der Waals surface area contributed by atoms with Crippen LogP contribution >= 0.6 is 0 Å². The number of hydrogen-bond donors (Lipinski definition) is 1. The van der Waals surface area contributed by atoms with E-state index in [1.165, 1.54) is 18.2 Å². The summed E-state index contributed by atoms with van der Waals surface area (Å²) in [6, 6.07) is 9.61. The number of esters is 1. The Labute approximate surface area is 163 Å². The molecule has 1 N–H and O–H groups in total. The van der Waals surface area contributed by atoms with Crippen molar-refractivity contribution in [2.24, 2.45) is 0 Å². The second kappa shape index (κ2) is 8.68. The Morgan fingerprint density at radius 2 is 1.79 bits per heavy atom. The molecule has 1 amide bonds. The van der Waals surface area contributed by atoms with Crippen LogP contribution in [0.5, 0.6) is 11.5 Å². The molecular weight excluding hydrogens is 391 g/mol. The monoisotopic (exact) mass is 407 g/mol. The minimum absolute atomic E-state index is 0.409. The lowest BCUT2D eigenvalue weighted by molar-refractivity contribution is -0.142. The first-order valence-electron chi connectivity index (χ1n) is 8.53. The van der Waals surface area contributed by atoms with Crippen LogP contribution in [0.1, 0.15) is 11.1 Å². The van der Waals surface area contributed by atoms with Gasteiger partial charge in [0.05, 0.1) is 11.3 Å². The van der Waals surface area contributed by atoms with Gasteiger partial charge >= 0.3 is 12.1 Å². The molecule has 0 radical (unpaired) electrons. The lowest BCUT2D eigenvalue weighted by Gasteiger charge is -2.18. The molecule has 0 aromatic heterocycles. The number of para-hydroxylation sites is 1. The molecule has 1 heterocycles. The average molecular weight is 407 g/mol. The van der Waals surface area contributed by atoms with Crippen molar-refractivity contribution in [3.8, 4) is 11.5 Å². The van der Waals surface area contributed by atoms with Crippen LogP contribution in [0.3, 0.4) is 0 Å². The van der Waals surface area contributed by atoms with Crippen molar-refractivity contribution in [2.45, 2.75) is 6.18 Å². The van der Waals surface area contributed by atoms with Crippen molar-refractivity contribution < 1.29 is 37.0 Å². The fraction of sp³-hybridized carbons (Fsp3) is 0.200. The summed E-state index contributed by atoms with van der Waals surface area (Å²) in [7, 11) is 0. The smallest absolute Gasteiger partial charge is 0.418 e. The van der Waals surface area contributed by atoms with Gasteiger partial charge in [-0.25, -0.2) is 4.79 Å². The SMILES string of the molecule is O=C(COC(=O)C=Cc1ccc2c(c1)OCCO2)Nc1ccccc1C(F)(F)F. The third-order valence-corrected chi connectivity index (χ3v) is 3.83. The van der Waals surface area contributed by atoms with E-state index in [1.54, 1.807) is 18.2 Å². The van der Waals surface area contributed by atoms with Gasteiger partial charge in [-0.15, -0.1) is 0 Å². The van der Waals surface area contributed by atoms with E-state index >= 15 is 0 Å². The summed E-state index contributed by atoms with van der Waals surface area (Å²) in [5.41, 5.74) is -0.749. The molecule has 6 nitrogen and oxygen atoms in total. The lowest BCUT2D eigenvalue weighted by Crippen LogP contribution is -2.22.